The molecule has 0 atom stereocenters. The van der Waals surface area contributed by atoms with Gasteiger partial charge in [-0.05, 0) is 92.3 Å². The van der Waals surface area contributed by atoms with Crippen LogP contribution in [0.2, 0.25) is 0 Å². The molecular formula is C44H29NS. The van der Waals surface area contributed by atoms with E-state index < -0.39 is 0 Å². The van der Waals surface area contributed by atoms with Crippen LogP contribution in [0.1, 0.15) is 0 Å². The maximum Gasteiger partial charge on any atom is 0.0468 e. The minimum absolute atomic E-state index is 1.12. The van der Waals surface area contributed by atoms with Crippen molar-refractivity contribution in [3.63, 3.8) is 0 Å². The van der Waals surface area contributed by atoms with Crippen LogP contribution in [-0.4, -0.2) is 0 Å². The molecule has 8 aromatic carbocycles. The van der Waals surface area contributed by atoms with Crippen molar-refractivity contribution in [1.29, 1.82) is 0 Å². The molecule has 0 N–H and O–H groups in total. The van der Waals surface area contributed by atoms with E-state index in [9.17, 15) is 0 Å². The molecule has 0 aliphatic carbocycles. The molecule has 0 radical (unpaired) electrons. The lowest BCUT2D eigenvalue weighted by atomic mass is 9.97. The van der Waals surface area contributed by atoms with Gasteiger partial charge in [-0.25, -0.2) is 0 Å². The first-order valence-corrected chi connectivity index (χ1v) is 16.5. The van der Waals surface area contributed by atoms with E-state index in [1.165, 1.54) is 64.0 Å². The second-order valence-corrected chi connectivity index (χ2v) is 12.9. The molecule has 1 heterocycles. The Morgan fingerprint density at radius 1 is 0.326 bits per heavy atom. The first-order valence-electron chi connectivity index (χ1n) is 15.7. The summed E-state index contributed by atoms with van der Waals surface area (Å²) in [6.45, 7) is 0. The Morgan fingerprint density at radius 3 is 1.48 bits per heavy atom. The summed E-state index contributed by atoms with van der Waals surface area (Å²) in [5.41, 5.74) is 8.24. The van der Waals surface area contributed by atoms with Crippen LogP contribution in [0, 0.1) is 0 Å². The van der Waals surface area contributed by atoms with Crippen LogP contribution in [0.4, 0.5) is 17.1 Å². The molecule has 0 saturated heterocycles. The predicted molar refractivity (Wildman–Crippen MR) is 200 cm³/mol. The van der Waals surface area contributed by atoms with E-state index in [4.69, 9.17) is 0 Å². The third kappa shape index (κ3) is 4.54. The summed E-state index contributed by atoms with van der Waals surface area (Å²) in [6.07, 6.45) is 0. The minimum Gasteiger partial charge on any atom is -0.310 e. The van der Waals surface area contributed by atoms with Crippen LogP contribution in [0.5, 0.6) is 0 Å². The number of anilines is 3. The summed E-state index contributed by atoms with van der Waals surface area (Å²) in [6, 6.07) is 63.9. The molecule has 2 heteroatoms. The molecule has 9 aromatic rings. The highest BCUT2D eigenvalue weighted by Gasteiger charge is 2.16. The van der Waals surface area contributed by atoms with Crippen LogP contribution in [0.3, 0.4) is 0 Å². The van der Waals surface area contributed by atoms with Crippen molar-refractivity contribution in [1.82, 2.24) is 0 Å². The first-order chi connectivity index (χ1) is 22.8. The van der Waals surface area contributed by atoms with Gasteiger partial charge < -0.3 is 4.90 Å². The van der Waals surface area contributed by atoms with Crippen LogP contribution in [0.25, 0.3) is 64.0 Å². The number of nitrogens with zero attached hydrogens (tertiary/aromatic N) is 1. The fourth-order valence-corrected chi connectivity index (χ4v) is 7.91. The Kier molecular flexibility index (Phi) is 6.40. The summed E-state index contributed by atoms with van der Waals surface area (Å²) in [4.78, 5) is 2.38. The second-order valence-electron chi connectivity index (χ2n) is 11.8. The third-order valence-corrected chi connectivity index (χ3v) is 10.2. The molecule has 0 saturated carbocycles. The lowest BCUT2D eigenvalue weighted by molar-refractivity contribution is 1.29. The lowest BCUT2D eigenvalue weighted by Crippen LogP contribution is -2.09. The van der Waals surface area contributed by atoms with Crippen LogP contribution in [0.15, 0.2) is 176 Å². The van der Waals surface area contributed by atoms with Crippen molar-refractivity contribution in [2.45, 2.75) is 0 Å². The van der Waals surface area contributed by atoms with Crippen molar-refractivity contribution < 1.29 is 0 Å². The Labute approximate surface area is 272 Å². The largest absolute Gasteiger partial charge is 0.310 e. The average molecular weight is 604 g/mol. The zero-order valence-electron chi connectivity index (χ0n) is 25.1. The maximum atomic E-state index is 2.39. The zero-order chi connectivity index (χ0) is 30.5. The summed E-state index contributed by atoms with van der Waals surface area (Å²) < 4.78 is 2.66. The van der Waals surface area contributed by atoms with E-state index in [0.717, 1.165) is 17.1 Å². The number of benzene rings is 8. The summed E-state index contributed by atoms with van der Waals surface area (Å²) in [5, 5.41) is 7.80. The number of hydrogen-bond donors (Lipinski definition) is 0. The van der Waals surface area contributed by atoms with Crippen molar-refractivity contribution in [3.8, 4) is 22.3 Å². The second kappa shape index (κ2) is 11.0. The molecule has 0 spiro atoms. The van der Waals surface area contributed by atoms with Crippen LogP contribution < -0.4 is 4.90 Å². The predicted octanol–water partition coefficient (Wildman–Crippen LogP) is 13.2. The molecule has 1 aromatic heterocycles. The van der Waals surface area contributed by atoms with Gasteiger partial charge >= 0.3 is 0 Å². The average Bonchev–Trinajstić information content (AvgIpc) is 3.52. The van der Waals surface area contributed by atoms with Gasteiger partial charge in [-0.3, -0.25) is 0 Å². The summed E-state index contributed by atoms with van der Waals surface area (Å²) in [5.74, 6) is 0. The minimum atomic E-state index is 1.12. The van der Waals surface area contributed by atoms with Crippen molar-refractivity contribution in [2.75, 3.05) is 4.90 Å². The van der Waals surface area contributed by atoms with Crippen molar-refractivity contribution in [2.24, 2.45) is 0 Å². The van der Waals surface area contributed by atoms with Gasteiger partial charge in [0.05, 0.1) is 0 Å². The van der Waals surface area contributed by atoms with Gasteiger partial charge in [0, 0.05) is 37.2 Å². The van der Waals surface area contributed by atoms with E-state index in [-0.39, 0.29) is 0 Å². The van der Waals surface area contributed by atoms with Gasteiger partial charge in [0.25, 0.3) is 0 Å². The van der Waals surface area contributed by atoms with E-state index in [0.29, 0.717) is 0 Å². The van der Waals surface area contributed by atoms with Gasteiger partial charge in [-0.1, -0.05) is 127 Å². The molecular weight excluding hydrogens is 575 g/mol. The van der Waals surface area contributed by atoms with E-state index >= 15 is 0 Å². The molecule has 0 bridgehead atoms. The quantitative estimate of drug-likeness (QED) is 0.177. The molecule has 0 unspecified atom stereocenters. The molecule has 1 nitrogen and oxygen atoms in total. The Balaban J connectivity index is 1.25. The Morgan fingerprint density at radius 2 is 0.826 bits per heavy atom. The SMILES string of the molecule is c1ccc(-c2ccc(N(c3ccc(-c4ccccc4)cc3)c3ccc4ccc5ccc6sc7ccccc7c6c5c4c3)cc2)cc1. The molecule has 46 heavy (non-hydrogen) atoms. The number of fused-ring (bicyclic) bond motifs is 7. The summed E-state index contributed by atoms with van der Waals surface area (Å²) >= 11 is 1.88. The molecule has 0 amide bonds. The third-order valence-electron chi connectivity index (χ3n) is 9.05. The number of thiophene rings is 1. The standard InChI is InChI=1S/C44H29NS/c1-3-9-30(10-4-1)32-17-23-36(24-18-32)45(37-25-19-33(20-26-37)31-11-5-2-6-12-31)38-27-21-34-15-16-35-22-28-42-44(43(35)40(34)29-38)39-13-7-8-14-41(39)46-42/h1-29H. The fourth-order valence-electron chi connectivity index (χ4n) is 6.80. The van der Waals surface area contributed by atoms with Gasteiger partial charge in [-0.2, -0.15) is 0 Å². The van der Waals surface area contributed by atoms with Crippen LogP contribution >= 0.6 is 11.3 Å². The summed E-state index contributed by atoms with van der Waals surface area (Å²) in [7, 11) is 0. The number of rotatable bonds is 5. The molecule has 9 rings (SSSR count). The first kappa shape index (κ1) is 26.7. The zero-order valence-corrected chi connectivity index (χ0v) is 25.9. The topological polar surface area (TPSA) is 3.24 Å². The fraction of sp³-hybridized carbons (Fsp3) is 0. The lowest BCUT2D eigenvalue weighted by Gasteiger charge is -2.26. The highest BCUT2D eigenvalue weighted by molar-refractivity contribution is 7.26. The van der Waals surface area contributed by atoms with Gasteiger partial charge in [0.1, 0.15) is 0 Å². The normalized spacial score (nSPS) is 11.5. The molecule has 0 aliphatic rings. The molecule has 216 valence electrons. The van der Waals surface area contributed by atoms with Crippen molar-refractivity contribution in [3.05, 3.63) is 176 Å². The van der Waals surface area contributed by atoms with E-state index in [1.54, 1.807) is 0 Å². The van der Waals surface area contributed by atoms with E-state index in [1.807, 2.05) is 11.3 Å². The highest BCUT2D eigenvalue weighted by Crippen LogP contribution is 2.43. The van der Waals surface area contributed by atoms with Gasteiger partial charge in [-0.15, -0.1) is 11.3 Å². The highest BCUT2D eigenvalue weighted by atomic mass is 32.1. The Bertz CT molecular complexity index is 2410. The molecule has 0 fully saturated rings. The maximum absolute atomic E-state index is 2.39. The Hall–Kier alpha value is -5.70. The van der Waals surface area contributed by atoms with Crippen molar-refractivity contribution >= 4 is 70.1 Å². The molecule has 0 aliphatic heterocycles. The number of hydrogen-bond acceptors (Lipinski definition) is 2. The van der Waals surface area contributed by atoms with Gasteiger partial charge in [0.2, 0.25) is 0 Å². The van der Waals surface area contributed by atoms with Gasteiger partial charge in [0.15, 0.2) is 0 Å². The smallest absolute Gasteiger partial charge is 0.0468 e. The van der Waals surface area contributed by atoms with E-state index in [2.05, 4.69) is 181 Å². The monoisotopic (exact) mass is 603 g/mol. The van der Waals surface area contributed by atoms with Crippen LogP contribution in [-0.2, 0) is 0 Å².